The van der Waals surface area contributed by atoms with Crippen LogP contribution in [-0.4, -0.2) is 14.8 Å². The van der Waals surface area contributed by atoms with E-state index in [2.05, 4.69) is 5.10 Å². The number of aromatic nitrogens is 2. The van der Waals surface area contributed by atoms with E-state index >= 15 is 0 Å². The largest absolute Gasteiger partial charge is 0.393 e. The summed E-state index contributed by atoms with van der Waals surface area (Å²) < 4.78 is 1.45. The van der Waals surface area contributed by atoms with Crippen LogP contribution < -0.4 is 11.3 Å². The quantitative estimate of drug-likeness (QED) is 0.753. The van der Waals surface area contributed by atoms with Crippen LogP contribution in [0.3, 0.4) is 0 Å². The number of fused-ring (bicyclic) bond motifs is 1. The highest BCUT2D eigenvalue weighted by atomic mass is 32.1. The maximum atomic E-state index is 12.5. The van der Waals surface area contributed by atoms with E-state index in [0.717, 1.165) is 16.6 Å². The number of rotatable bonds is 4. The molecule has 0 spiro atoms. The zero-order valence-electron chi connectivity index (χ0n) is 11.9. The monoisotopic (exact) mass is 309 g/mol. The first kappa shape index (κ1) is 14.4. The Morgan fingerprint density at radius 1 is 1.05 bits per heavy atom. The summed E-state index contributed by atoms with van der Waals surface area (Å²) in [6, 6.07) is 17.3. The average molecular weight is 309 g/mol. The van der Waals surface area contributed by atoms with Crippen LogP contribution in [0.5, 0.6) is 0 Å². The third kappa shape index (κ3) is 2.76. The normalized spacial score (nSPS) is 10.7. The van der Waals surface area contributed by atoms with Crippen molar-refractivity contribution in [2.75, 3.05) is 0 Å². The molecule has 2 aromatic carbocycles. The van der Waals surface area contributed by atoms with Crippen LogP contribution >= 0.6 is 12.2 Å². The highest BCUT2D eigenvalue weighted by Gasteiger charge is 2.11. The number of nitrogens with two attached hydrogens (primary N) is 1. The molecular formula is C17H15N3OS. The number of hydrogen-bond donors (Lipinski definition) is 1. The van der Waals surface area contributed by atoms with Gasteiger partial charge in [-0.05, 0) is 6.07 Å². The first-order chi connectivity index (χ1) is 10.7. The number of thiocarbonyl (C=S) groups is 1. The minimum absolute atomic E-state index is 0.119. The maximum Gasteiger partial charge on any atom is 0.274 e. The summed E-state index contributed by atoms with van der Waals surface area (Å²) in [6.07, 6.45) is 0.453. The second-order valence-corrected chi connectivity index (χ2v) is 5.53. The van der Waals surface area contributed by atoms with Gasteiger partial charge >= 0.3 is 0 Å². The van der Waals surface area contributed by atoms with Gasteiger partial charge in [0.25, 0.3) is 5.56 Å². The molecule has 0 aliphatic heterocycles. The molecule has 3 aromatic rings. The van der Waals surface area contributed by atoms with Gasteiger partial charge in [0.2, 0.25) is 0 Å². The van der Waals surface area contributed by atoms with E-state index in [1.165, 1.54) is 4.68 Å². The van der Waals surface area contributed by atoms with E-state index in [1.807, 2.05) is 54.6 Å². The van der Waals surface area contributed by atoms with Crippen molar-refractivity contribution in [3.05, 3.63) is 65.0 Å². The van der Waals surface area contributed by atoms with Gasteiger partial charge in [-0.25, -0.2) is 4.68 Å². The molecule has 0 aliphatic rings. The Labute approximate surface area is 133 Å². The molecule has 0 saturated heterocycles. The van der Waals surface area contributed by atoms with E-state index in [9.17, 15) is 4.79 Å². The average Bonchev–Trinajstić information content (AvgIpc) is 2.55. The predicted octanol–water partition coefficient (Wildman–Crippen LogP) is 2.74. The predicted molar refractivity (Wildman–Crippen MR) is 92.8 cm³/mol. The second-order valence-electron chi connectivity index (χ2n) is 5.00. The van der Waals surface area contributed by atoms with Crippen LogP contribution in [-0.2, 0) is 6.54 Å². The Morgan fingerprint density at radius 3 is 2.36 bits per heavy atom. The van der Waals surface area contributed by atoms with Crippen LogP contribution in [0.25, 0.3) is 22.0 Å². The Hall–Kier alpha value is -2.53. The Bertz CT molecular complexity index is 887. The molecule has 0 radical (unpaired) electrons. The van der Waals surface area contributed by atoms with Gasteiger partial charge in [0, 0.05) is 17.4 Å². The number of nitrogens with zero attached hydrogens (tertiary/aromatic N) is 2. The number of benzene rings is 2. The molecule has 0 aliphatic carbocycles. The van der Waals surface area contributed by atoms with E-state index in [0.29, 0.717) is 23.3 Å². The van der Waals surface area contributed by atoms with Gasteiger partial charge in [0.05, 0.1) is 22.6 Å². The molecule has 110 valence electrons. The molecule has 22 heavy (non-hydrogen) atoms. The van der Waals surface area contributed by atoms with Crippen molar-refractivity contribution in [1.82, 2.24) is 9.78 Å². The molecule has 1 aromatic heterocycles. The van der Waals surface area contributed by atoms with E-state index < -0.39 is 0 Å². The molecule has 4 nitrogen and oxygen atoms in total. The highest BCUT2D eigenvalue weighted by Crippen LogP contribution is 2.24. The SMILES string of the molecule is NC(=S)CCn1nc(-c2ccccc2)c2ccccc2c1=O. The minimum atomic E-state index is -0.119. The van der Waals surface area contributed by atoms with Gasteiger partial charge in [-0.1, -0.05) is 60.7 Å². The first-order valence-corrected chi connectivity index (χ1v) is 7.41. The summed E-state index contributed by atoms with van der Waals surface area (Å²) in [4.78, 5) is 12.9. The summed E-state index contributed by atoms with van der Waals surface area (Å²) in [6.45, 7) is 0.388. The summed E-state index contributed by atoms with van der Waals surface area (Å²) in [5, 5.41) is 6.04. The lowest BCUT2D eigenvalue weighted by Gasteiger charge is -2.11. The van der Waals surface area contributed by atoms with Crippen molar-refractivity contribution in [2.24, 2.45) is 5.73 Å². The van der Waals surface area contributed by atoms with E-state index in [-0.39, 0.29) is 5.56 Å². The van der Waals surface area contributed by atoms with Crippen molar-refractivity contribution >= 4 is 28.0 Å². The fourth-order valence-electron chi connectivity index (χ4n) is 2.41. The zero-order chi connectivity index (χ0) is 15.5. The third-order valence-corrected chi connectivity index (χ3v) is 3.69. The fraction of sp³-hybridized carbons (Fsp3) is 0.118. The molecule has 3 rings (SSSR count). The topological polar surface area (TPSA) is 60.9 Å². The van der Waals surface area contributed by atoms with Gasteiger partial charge in [0.1, 0.15) is 0 Å². The Balaban J connectivity index is 2.24. The highest BCUT2D eigenvalue weighted by molar-refractivity contribution is 7.80. The molecule has 0 unspecified atom stereocenters. The fourth-order valence-corrected chi connectivity index (χ4v) is 2.50. The zero-order valence-corrected chi connectivity index (χ0v) is 12.7. The molecule has 0 atom stereocenters. The smallest absolute Gasteiger partial charge is 0.274 e. The van der Waals surface area contributed by atoms with Gasteiger partial charge in [-0.2, -0.15) is 5.10 Å². The van der Waals surface area contributed by atoms with Crippen LogP contribution in [0.4, 0.5) is 0 Å². The molecule has 1 heterocycles. The van der Waals surface area contributed by atoms with Crippen molar-refractivity contribution in [2.45, 2.75) is 13.0 Å². The lowest BCUT2D eigenvalue weighted by molar-refractivity contribution is 0.605. The summed E-state index contributed by atoms with van der Waals surface area (Å²) in [5.74, 6) is 0. The maximum absolute atomic E-state index is 12.5. The second kappa shape index (κ2) is 6.07. The molecular weight excluding hydrogens is 294 g/mol. The molecule has 0 amide bonds. The lowest BCUT2D eigenvalue weighted by Crippen LogP contribution is -2.26. The minimum Gasteiger partial charge on any atom is -0.393 e. The van der Waals surface area contributed by atoms with E-state index in [1.54, 1.807) is 0 Å². The van der Waals surface area contributed by atoms with Crippen LogP contribution in [0, 0.1) is 0 Å². The molecule has 0 saturated carbocycles. The van der Waals surface area contributed by atoms with Gasteiger partial charge in [0.15, 0.2) is 0 Å². The van der Waals surface area contributed by atoms with E-state index in [4.69, 9.17) is 18.0 Å². The van der Waals surface area contributed by atoms with Crippen molar-refractivity contribution < 1.29 is 0 Å². The lowest BCUT2D eigenvalue weighted by atomic mass is 10.1. The van der Waals surface area contributed by atoms with Crippen LogP contribution in [0.2, 0.25) is 0 Å². The van der Waals surface area contributed by atoms with Crippen LogP contribution in [0.1, 0.15) is 6.42 Å². The molecule has 0 bridgehead atoms. The third-order valence-electron chi connectivity index (χ3n) is 3.48. The Kier molecular flexibility index (Phi) is 3.98. The summed E-state index contributed by atoms with van der Waals surface area (Å²) >= 11 is 4.89. The summed E-state index contributed by atoms with van der Waals surface area (Å²) in [5.41, 5.74) is 7.19. The molecule has 2 N–H and O–H groups in total. The van der Waals surface area contributed by atoms with Gasteiger partial charge in [-0.3, -0.25) is 4.79 Å². The van der Waals surface area contributed by atoms with Crippen molar-refractivity contribution in [3.8, 4) is 11.3 Å². The molecule has 0 fully saturated rings. The number of aryl methyl sites for hydroxylation is 1. The standard InChI is InChI=1S/C17H15N3OS/c18-15(22)10-11-20-17(21)14-9-5-4-8-13(14)16(19-20)12-6-2-1-3-7-12/h1-9H,10-11H2,(H2,18,22). The van der Waals surface area contributed by atoms with Crippen molar-refractivity contribution in [3.63, 3.8) is 0 Å². The van der Waals surface area contributed by atoms with Crippen LogP contribution in [0.15, 0.2) is 59.4 Å². The first-order valence-electron chi connectivity index (χ1n) is 7.00. The molecule has 5 heteroatoms. The van der Waals surface area contributed by atoms with Crippen molar-refractivity contribution in [1.29, 1.82) is 0 Å². The number of hydrogen-bond acceptors (Lipinski definition) is 3. The van der Waals surface area contributed by atoms with Gasteiger partial charge < -0.3 is 5.73 Å². The Morgan fingerprint density at radius 2 is 1.68 bits per heavy atom. The summed E-state index contributed by atoms with van der Waals surface area (Å²) in [7, 11) is 0. The van der Waals surface area contributed by atoms with Gasteiger partial charge in [-0.15, -0.1) is 0 Å².